The van der Waals surface area contributed by atoms with E-state index in [9.17, 15) is 14.7 Å². The number of phenolic OH excluding ortho intramolecular Hbond substituents is 1. The molecule has 0 spiro atoms. The van der Waals surface area contributed by atoms with Gasteiger partial charge in [0.2, 0.25) is 5.91 Å². The van der Waals surface area contributed by atoms with E-state index in [0.717, 1.165) is 31.3 Å². The number of ether oxygens (including phenoxy) is 2. The predicted molar refractivity (Wildman–Crippen MR) is 117 cm³/mol. The summed E-state index contributed by atoms with van der Waals surface area (Å²) in [5.74, 6) is -0.483. The quantitative estimate of drug-likeness (QED) is 0.634. The second kappa shape index (κ2) is 10.1. The highest BCUT2D eigenvalue weighted by Crippen LogP contribution is 2.31. The molecule has 166 valence electrons. The van der Waals surface area contributed by atoms with Crippen LogP contribution < -0.4 is 5.32 Å². The van der Waals surface area contributed by atoms with Crippen LogP contribution in [0.25, 0.3) is 10.8 Å². The third-order valence-corrected chi connectivity index (χ3v) is 6.04. The minimum atomic E-state index is -0.508. The number of nitrogens with one attached hydrogen (secondary N) is 1. The third kappa shape index (κ3) is 4.99. The number of amides is 2. The van der Waals surface area contributed by atoms with Crippen molar-refractivity contribution in [3.8, 4) is 5.75 Å². The van der Waals surface area contributed by atoms with Crippen molar-refractivity contribution in [3.63, 3.8) is 0 Å². The fourth-order valence-electron chi connectivity index (χ4n) is 4.36. The van der Waals surface area contributed by atoms with Gasteiger partial charge < -0.3 is 24.8 Å². The number of fused-ring (bicyclic) bond motifs is 1. The van der Waals surface area contributed by atoms with Crippen molar-refractivity contribution in [2.75, 3.05) is 32.9 Å². The van der Waals surface area contributed by atoms with Crippen LogP contribution in [-0.2, 0) is 14.3 Å². The topological polar surface area (TPSA) is 88.1 Å². The number of carbonyl (C=O) groups is 2. The zero-order valence-electron chi connectivity index (χ0n) is 17.7. The Labute approximate surface area is 182 Å². The van der Waals surface area contributed by atoms with Gasteiger partial charge in [-0.05, 0) is 43.6 Å². The SMILES string of the molecule is O=C(NCCCOCC1CCCO1)C1CCCN1C(=O)c1ccc2ccccc2c1O. The number of carbonyl (C=O) groups excluding carboxylic acids is 2. The van der Waals surface area contributed by atoms with Gasteiger partial charge in [-0.1, -0.05) is 30.3 Å². The van der Waals surface area contributed by atoms with Gasteiger partial charge in [0.15, 0.2) is 0 Å². The minimum absolute atomic E-state index is 0.0300. The van der Waals surface area contributed by atoms with Gasteiger partial charge in [0.05, 0.1) is 18.3 Å². The first-order chi connectivity index (χ1) is 15.1. The number of nitrogens with zero attached hydrogens (tertiary/aromatic N) is 1. The Morgan fingerprint density at radius 3 is 2.87 bits per heavy atom. The van der Waals surface area contributed by atoms with Gasteiger partial charge in [-0.15, -0.1) is 0 Å². The lowest BCUT2D eigenvalue weighted by molar-refractivity contribution is -0.124. The van der Waals surface area contributed by atoms with E-state index < -0.39 is 6.04 Å². The maximum absolute atomic E-state index is 13.1. The summed E-state index contributed by atoms with van der Waals surface area (Å²) >= 11 is 0. The van der Waals surface area contributed by atoms with Crippen LogP contribution in [0, 0.1) is 0 Å². The van der Waals surface area contributed by atoms with Crippen molar-refractivity contribution < 1.29 is 24.2 Å². The van der Waals surface area contributed by atoms with E-state index in [1.165, 1.54) is 0 Å². The fourth-order valence-corrected chi connectivity index (χ4v) is 4.36. The summed E-state index contributed by atoms with van der Waals surface area (Å²) in [4.78, 5) is 27.4. The Hall–Kier alpha value is -2.64. The molecular weight excluding hydrogens is 396 g/mol. The first-order valence-corrected chi connectivity index (χ1v) is 11.1. The Kier molecular flexibility index (Phi) is 7.04. The molecule has 0 aliphatic carbocycles. The molecule has 2 atom stereocenters. The number of phenols is 1. The molecule has 0 bridgehead atoms. The van der Waals surface area contributed by atoms with Gasteiger partial charge in [-0.3, -0.25) is 9.59 Å². The summed E-state index contributed by atoms with van der Waals surface area (Å²) in [5, 5.41) is 15.1. The van der Waals surface area contributed by atoms with Crippen LogP contribution in [0.3, 0.4) is 0 Å². The molecule has 0 radical (unpaired) electrons. The number of likely N-dealkylation sites (tertiary alicyclic amines) is 1. The predicted octanol–water partition coefficient (Wildman–Crippen LogP) is 2.85. The molecule has 2 aromatic rings. The second-order valence-corrected chi connectivity index (χ2v) is 8.19. The van der Waals surface area contributed by atoms with E-state index in [4.69, 9.17) is 9.47 Å². The Balaban J connectivity index is 1.29. The smallest absolute Gasteiger partial charge is 0.258 e. The van der Waals surface area contributed by atoms with Gasteiger partial charge in [0, 0.05) is 31.7 Å². The fraction of sp³-hybridized carbons (Fsp3) is 0.500. The lowest BCUT2D eigenvalue weighted by Gasteiger charge is -2.24. The second-order valence-electron chi connectivity index (χ2n) is 8.19. The van der Waals surface area contributed by atoms with Crippen molar-refractivity contribution in [2.45, 2.75) is 44.2 Å². The monoisotopic (exact) mass is 426 g/mol. The average Bonchev–Trinajstić information content (AvgIpc) is 3.48. The van der Waals surface area contributed by atoms with E-state index >= 15 is 0 Å². The van der Waals surface area contributed by atoms with Crippen LogP contribution in [-0.4, -0.2) is 66.9 Å². The zero-order chi connectivity index (χ0) is 21.6. The van der Waals surface area contributed by atoms with Crippen molar-refractivity contribution in [1.82, 2.24) is 10.2 Å². The van der Waals surface area contributed by atoms with E-state index in [2.05, 4.69) is 5.32 Å². The Morgan fingerprint density at radius 1 is 1.16 bits per heavy atom. The van der Waals surface area contributed by atoms with Gasteiger partial charge in [-0.25, -0.2) is 0 Å². The molecule has 2 amide bonds. The highest BCUT2D eigenvalue weighted by molar-refractivity contribution is 6.05. The van der Waals surface area contributed by atoms with Gasteiger partial charge >= 0.3 is 0 Å². The van der Waals surface area contributed by atoms with Crippen molar-refractivity contribution in [1.29, 1.82) is 0 Å². The molecule has 31 heavy (non-hydrogen) atoms. The third-order valence-electron chi connectivity index (χ3n) is 6.04. The van der Waals surface area contributed by atoms with Crippen LogP contribution in [0.5, 0.6) is 5.75 Å². The number of aromatic hydroxyl groups is 1. The Morgan fingerprint density at radius 2 is 2.03 bits per heavy atom. The Bertz CT molecular complexity index is 925. The molecule has 7 heteroatoms. The van der Waals surface area contributed by atoms with E-state index in [0.29, 0.717) is 44.5 Å². The molecule has 2 heterocycles. The zero-order valence-corrected chi connectivity index (χ0v) is 17.7. The first kappa shape index (κ1) is 21.6. The lowest BCUT2D eigenvalue weighted by Crippen LogP contribution is -2.46. The van der Waals surface area contributed by atoms with Crippen LogP contribution >= 0.6 is 0 Å². The number of benzene rings is 2. The molecule has 4 rings (SSSR count). The normalized spacial score (nSPS) is 21.0. The molecule has 2 aromatic carbocycles. The summed E-state index contributed by atoms with van der Waals surface area (Å²) in [6.07, 6.45) is 4.46. The summed E-state index contributed by atoms with van der Waals surface area (Å²) in [5.41, 5.74) is 0.237. The lowest BCUT2D eigenvalue weighted by atomic mass is 10.0. The number of hydrogen-bond acceptors (Lipinski definition) is 5. The molecule has 2 N–H and O–H groups in total. The maximum Gasteiger partial charge on any atom is 0.258 e. The summed E-state index contributed by atoms with van der Waals surface area (Å²) in [6, 6.07) is 10.3. The van der Waals surface area contributed by atoms with E-state index in [1.54, 1.807) is 17.0 Å². The van der Waals surface area contributed by atoms with Crippen LogP contribution in [0.2, 0.25) is 0 Å². The largest absolute Gasteiger partial charge is 0.506 e. The summed E-state index contributed by atoms with van der Waals surface area (Å²) in [6.45, 7) is 3.00. The van der Waals surface area contributed by atoms with Gasteiger partial charge in [0.25, 0.3) is 5.91 Å². The number of hydrogen-bond donors (Lipinski definition) is 2. The van der Waals surface area contributed by atoms with Crippen molar-refractivity contribution >= 4 is 22.6 Å². The molecule has 7 nitrogen and oxygen atoms in total. The van der Waals surface area contributed by atoms with E-state index in [-0.39, 0.29) is 29.2 Å². The van der Waals surface area contributed by atoms with Crippen molar-refractivity contribution in [3.05, 3.63) is 42.0 Å². The molecule has 2 aliphatic rings. The molecule has 2 aliphatic heterocycles. The van der Waals surface area contributed by atoms with Crippen LogP contribution in [0.1, 0.15) is 42.5 Å². The van der Waals surface area contributed by atoms with Gasteiger partial charge in [0.1, 0.15) is 11.8 Å². The average molecular weight is 427 g/mol. The maximum atomic E-state index is 13.1. The molecule has 0 aromatic heterocycles. The first-order valence-electron chi connectivity index (χ1n) is 11.1. The van der Waals surface area contributed by atoms with E-state index in [1.807, 2.05) is 24.3 Å². The molecule has 0 saturated carbocycles. The van der Waals surface area contributed by atoms with Crippen molar-refractivity contribution in [2.24, 2.45) is 0 Å². The standard InChI is InChI=1S/C24H30N2O5/c27-22-19-8-2-1-6-17(19)10-11-20(22)24(29)26-13-3-9-21(26)23(28)25-12-5-14-30-16-18-7-4-15-31-18/h1-2,6,8,10-11,18,21,27H,3-5,7,9,12-16H2,(H,25,28). The highest BCUT2D eigenvalue weighted by atomic mass is 16.5. The minimum Gasteiger partial charge on any atom is -0.506 e. The number of rotatable bonds is 8. The van der Waals surface area contributed by atoms with Crippen LogP contribution in [0.15, 0.2) is 36.4 Å². The molecule has 2 fully saturated rings. The van der Waals surface area contributed by atoms with Crippen LogP contribution in [0.4, 0.5) is 0 Å². The summed E-state index contributed by atoms with van der Waals surface area (Å²) < 4.78 is 11.1. The molecular formula is C24H30N2O5. The molecule has 2 unspecified atom stereocenters. The highest BCUT2D eigenvalue weighted by Gasteiger charge is 2.35. The molecule has 2 saturated heterocycles. The van der Waals surface area contributed by atoms with Gasteiger partial charge in [-0.2, -0.15) is 0 Å². The summed E-state index contributed by atoms with van der Waals surface area (Å²) in [7, 11) is 0.